The number of hydrogen-bond donors (Lipinski definition) is 1. The second kappa shape index (κ2) is 4.89. The van der Waals surface area contributed by atoms with Crippen LogP contribution in [0.5, 0.6) is 0 Å². The van der Waals surface area contributed by atoms with E-state index in [4.69, 9.17) is 16.9 Å². The van der Waals surface area contributed by atoms with Crippen LogP contribution in [0.2, 0.25) is 5.15 Å². The number of halogens is 1. The van der Waals surface area contributed by atoms with Gasteiger partial charge in [-0.05, 0) is 13.8 Å². The molecule has 0 saturated carbocycles. The quantitative estimate of drug-likeness (QED) is 0.822. The van der Waals surface area contributed by atoms with Crippen LogP contribution in [0.3, 0.4) is 0 Å². The molecule has 1 N–H and O–H groups in total. The van der Waals surface area contributed by atoms with Crippen LogP contribution in [0.15, 0.2) is 0 Å². The van der Waals surface area contributed by atoms with Gasteiger partial charge in [0.05, 0.1) is 0 Å². The van der Waals surface area contributed by atoms with Crippen LogP contribution in [0.4, 0.5) is 5.82 Å². The van der Waals surface area contributed by atoms with Crippen molar-refractivity contribution in [2.75, 3.05) is 5.32 Å². The number of nitrogens with one attached hydrogen (secondary N) is 1. The van der Waals surface area contributed by atoms with E-state index >= 15 is 0 Å². The number of hydrogen-bond acceptors (Lipinski definition) is 4. The summed E-state index contributed by atoms with van der Waals surface area (Å²) in [7, 11) is 0. The lowest BCUT2D eigenvalue weighted by Crippen LogP contribution is -2.20. The summed E-state index contributed by atoms with van der Waals surface area (Å²) in [5.41, 5.74) is 0.0961. The van der Waals surface area contributed by atoms with Gasteiger partial charge >= 0.3 is 0 Å². The fourth-order valence-electron chi connectivity index (χ4n) is 1.25. The van der Waals surface area contributed by atoms with Crippen molar-refractivity contribution in [3.8, 4) is 6.07 Å². The van der Waals surface area contributed by atoms with E-state index in [1.54, 1.807) is 0 Å². The van der Waals surface area contributed by atoms with Crippen molar-refractivity contribution < 1.29 is 0 Å². The molecule has 0 aliphatic rings. The topological polar surface area (TPSA) is 61.6 Å². The number of nitriles is 1. The minimum atomic E-state index is -0.203. The average molecular weight is 253 g/mol. The van der Waals surface area contributed by atoms with E-state index in [1.807, 2.05) is 40.7 Å². The molecule has 4 nitrogen and oxygen atoms in total. The van der Waals surface area contributed by atoms with E-state index in [0.717, 1.165) is 0 Å². The number of rotatable bonds is 2. The molecule has 0 radical (unpaired) electrons. The first kappa shape index (κ1) is 13.7. The summed E-state index contributed by atoms with van der Waals surface area (Å²) in [4.78, 5) is 8.56. The maximum Gasteiger partial charge on any atom is 0.152 e. The zero-order valence-electron chi connectivity index (χ0n) is 10.8. The van der Waals surface area contributed by atoms with Crippen molar-refractivity contribution >= 4 is 17.4 Å². The monoisotopic (exact) mass is 252 g/mol. The summed E-state index contributed by atoms with van der Waals surface area (Å²) in [5.74, 6) is 1.14. The average Bonchev–Trinajstić information content (AvgIpc) is 2.14. The molecule has 0 atom stereocenters. The first-order valence-corrected chi connectivity index (χ1v) is 5.88. The number of nitrogens with zero attached hydrogens (tertiary/aromatic N) is 3. The maximum atomic E-state index is 9.05. The smallest absolute Gasteiger partial charge is 0.152 e. The van der Waals surface area contributed by atoms with E-state index < -0.39 is 0 Å². The van der Waals surface area contributed by atoms with Gasteiger partial charge in [-0.15, -0.1) is 0 Å². The van der Waals surface area contributed by atoms with Crippen molar-refractivity contribution in [1.82, 2.24) is 9.97 Å². The molecule has 5 heteroatoms. The molecule has 17 heavy (non-hydrogen) atoms. The first-order valence-electron chi connectivity index (χ1n) is 5.50. The third kappa shape index (κ3) is 3.31. The Hall–Kier alpha value is -1.34. The van der Waals surface area contributed by atoms with Crippen molar-refractivity contribution in [1.29, 1.82) is 5.26 Å². The standard InChI is InChI=1S/C12H17ClN4/c1-7(2)15-10-8(6-14)9(13)16-11(17-10)12(3,4)5/h7H,1-5H3,(H,15,16,17). The van der Waals surface area contributed by atoms with Crippen LogP contribution < -0.4 is 5.32 Å². The van der Waals surface area contributed by atoms with Crippen LogP contribution in [0.25, 0.3) is 0 Å². The number of aromatic nitrogens is 2. The second-order valence-electron chi connectivity index (χ2n) is 5.22. The molecule has 0 amide bonds. The molecule has 0 aliphatic carbocycles. The van der Waals surface area contributed by atoms with Crippen LogP contribution >= 0.6 is 11.6 Å². The van der Waals surface area contributed by atoms with Gasteiger partial charge in [0.1, 0.15) is 23.3 Å². The lowest BCUT2D eigenvalue weighted by Gasteiger charge is -2.19. The predicted octanol–water partition coefficient (Wildman–Crippen LogP) is 3.12. The molecule has 0 unspecified atom stereocenters. The first-order chi connectivity index (χ1) is 7.75. The third-order valence-corrected chi connectivity index (χ3v) is 2.35. The Morgan fingerprint density at radius 3 is 2.29 bits per heavy atom. The van der Waals surface area contributed by atoms with Gasteiger partial charge in [-0.25, -0.2) is 9.97 Å². The van der Waals surface area contributed by atoms with Crippen molar-refractivity contribution in [2.24, 2.45) is 0 Å². The molecule has 0 saturated heterocycles. The van der Waals surface area contributed by atoms with E-state index in [0.29, 0.717) is 17.2 Å². The van der Waals surface area contributed by atoms with E-state index in [1.165, 1.54) is 0 Å². The molecule has 0 fully saturated rings. The molecular formula is C12H17ClN4. The van der Waals surface area contributed by atoms with Crippen molar-refractivity contribution in [3.63, 3.8) is 0 Å². The molecule has 0 aromatic carbocycles. The van der Waals surface area contributed by atoms with Crippen LogP contribution in [-0.4, -0.2) is 16.0 Å². The van der Waals surface area contributed by atoms with Crippen LogP contribution in [0.1, 0.15) is 46.0 Å². The van der Waals surface area contributed by atoms with Crippen molar-refractivity contribution in [3.05, 3.63) is 16.5 Å². The Labute approximate surface area is 107 Å². The Kier molecular flexibility index (Phi) is 3.94. The maximum absolute atomic E-state index is 9.05. The minimum Gasteiger partial charge on any atom is -0.367 e. The third-order valence-electron chi connectivity index (χ3n) is 2.07. The summed E-state index contributed by atoms with van der Waals surface area (Å²) in [6.07, 6.45) is 0. The highest BCUT2D eigenvalue weighted by atomic mass is 35.5. The Morgan fingerprint density at radius 2 is 1.88 bits per heavy atom. The Balaban J connectivity index is 3.35. The van der Waals surface area contributed by atoms with Gasteiger partial charge in [0.25, 0.3) is 0 Å². The lowest BCUT2D eigenvalue weighted by atomic mass is 9.95. The molecule has 0 spiro atoms. The molecule has 1 aromatic heterocycles. The Bertz CT molecular complexity index is 455. The summed E-state index contributed by atoms with van der Waals surface area (Å²) < 4.78 is 0. The largest absolute Gasteiger partial charge is 0.367 e. The van der Waals surface area contributed by atoms with Crippen LogP contribution in [-0.2, 0) is 5.41 Å². The van der Waals surface area contributed by atoms with Gasteiger partial charge in [-0.3, -0.25) is 0 Å². The molecule has 0 aliphatic heterocycles. The van der Waals surface area contributed by atoms with Gasteiger partial charge in [0.2, 0.25) is 0 Å². The van der Waals surface area contributed by atoms with Gasteiger partial charge in [0, 0.05) is 11.5 Å². The molecule has 1 heterocycles. The van der Waals surface area contributed by atoms with Gasteiger partial charge in [-0.1, -0.05) is 32.4 Å². The minimum absolute atomic E-state index is 0.181. The highest BCUT2D eigenvalue weighted by Gasteiger charge is 2.22. The van der Waals surface area contributed by atoms with E-state index in [-0.39, 0.29) is 16.6 Å². The SMILES string of the molecule is CC(C)Nc1nc(C(C)(C)C)nc(Cl)c1C#N. The second-order valence-corrected chi connectivity index (χ2v) is 5.58. The fourth-order valence-corrected chi connectivity index (χ4v) is 1.46. The summed E-state index contributed by atoms with van der Waals surface area (Å²) in [6, 6.07) is 2.21. The van der Waals surface area contributed by atoms with Gasteiger partial charge in [-0.2, -0.15) is 5.26 Å². The summed E-state index contributed by atoms with van der Waals surface area (Å²) in [6.45, 7) is 9.97. The summed E-state index contributed by atoms with van der Waals surface area (Å²) >= 11 is 6.01. The molecule has 0 bridgehead atoms. The molecule has 1 aromatic rings. The van der Waals surface area contributed by atoms with Gasteiger partial charge < -0.3 is 5.32 Å². The lowest BCUT2D eigenvalue weighted by molar-refractivity contribution is 0.545. The Morgan fingerprint density at radius 1 is 1.29 bits per heavy atom. The van der Waals surface area contributed by atoms with Crippen molar-refractivity contribution in [2.45, 2.75) is 46.1 Å². The van der Waals surface area contributed by atoms with E-state index in [9.17, 15) is 0 Å². The van der Waals surface area contributed by atoms with Gasteiger partial charge in [0.15, 0.2) is 5.15 Å². The van der Waals surface area contributed by atoms with E-state index in [2.05, 4.69) is 15.3 Å². The summed E-state index contributed by atoms with van der Waals surface area (Å²) in [5, 5.41) is 12.4. The highest BCUT2D eigenvalue weighted by molar-refractivity contribution is 6.30. The number of anilines is 1. The molecular weight excluding hydrogens is 236 g/mol. The zero-order valence-corrected chi connectivity index (χ0v) is 11.6. The molecule has 92 valence electrons. The fraction of sp³-hybridized carbons (Fsp3) is 0.583. The zero-order chi connectivity index (χ0) is 13.2. The highest BCUT2D eigenvalue weighted by Crippen LogP contribution is 2.26. The van der Waals surface area contributed by atoms with Crippen LogP contribution in [0, 0.1) is 11.3 Å². The normalized spacial score (nSPS) is 11.4. The molecule has 1 rings (SSSR count). The predicted molar refractivity (Wildman–Crippen MR) is 69.2 cm³/mol.